The zero-order chi connectivity index (χ0) is 15.3. The molecular weight excluding hydrogens is 250 g/mol. The van der Waals surface area contributed by atoms with Crippen LogP contribution in [0.25, 0.3) is 0 Å². The number of quaternary nitrogens is 1. The average molecular weight is 287 g/mol. The molecule has 0 rings (SSSR count). The Labute approximate surface area is 126 Å². The molecule has 0 spiro atoms. The molecule has 3 nitrogen and oxygen atoms in total. The van der Waals surface area contributed by atoms with Gasteiger partial charge in [-0.2, -0.15) is 0 Å². The van der Waals surface area contributed by atoms with Gasteiger partial charge in [-0.05, 0) is 6.42 Å². The Bertz CT molecular complexity index is 202. The van der Waals surface area contributed by atoms with Crippen LogP contribution >= 0.6 is 0 Å². The van der Waals surface area contributed by atoms with Gasteiger partial charge in [0, 0.05) is 6.42 Å². The second-order valence-electron chi connectivity index (χ2n) is 6.35. The highest BCUT2D eigenvalue weighted by atomic mass is 16.6. The molecule has 0 bridgehead atoms. The van der Waals surface area contributed by atoms with E-state index in [-0.39, 0.29) is 10.9 Å². The summed E-state index contributed by atoms with van der Waals surface area (Å²) in [6.45, 7) is 5.01. The molecule has 1 unspecified atom stereocenters. The average Bonchev–Trinajstić information content (AvgIpc) is 2.38. The van der Waals surface area contributed by atoms with Crippen molar-refractivity contribution in [3.05, 3.63) is 5.21 Å². The molecule has 0 aromatic carbocycles. The summed E-state index contributed by atoms with van der Waals surface area (Å²) in [7, 11) is 3.32. The van der Waals surface area contributed by atoms with Gasteiger partial charge in [-0.3, -0.25) is 0 Å². The lowest BCUT2D eigenvalue weighted by atomic mass is 10.1. The monoisotopic (exact) mass is 287 g/mol. The van der Waals surface area contributed by atoms with Crippen molar-refractivity contribution in [3.8, 4) is 0 Å². The van der Waals surface area contributed by atoms with Crippen molar-refractivity contribution < 1.29 is 9.38 Å². The lowest BCUT2D eigenvalue weighted by molar-refractivity contribution is -0.892. The fourth-order valence-electron chi connectivity index (χ4n) is 2.55. The van der Waals surface area contributed by atoms with E-state index in [1.807, 2.05) is 6.92 Å². The summed E-state index contributed by atoms with van der Waals surface area (Å²) in [5.74, 6) is 0. The van der Waals surface area contributed by atoms with Crippen LogP contribution in [0, 0.1) is 5.21 Å². The Morgan fingerprint density at radius 3 is 1.65 bits per heavy atom. The summed E-state index contributed by atoms with van der Waals surface area (Å²) >= 11 is 0. The topological polar surface area (TPSA) is 32.3 Å². The smallest absolute Gasteiger partial charge is 0.192 e. The molecule has 0 N–H and O–H groups in total. The van der Waals surface area contributed by atoms with Gasteiger partial charge in [0.25, 0.3) is 0 Å². The van der Waals surface area contributed by atoms with Crippen molar-refractivity contribution >= 4 is 0 Å². The molecule has 0 amide bonds. The SMILES string of the molecule is CCCCCCCCCCCCOC(CC)[N+](C)(C)[O-]. The molecule has 0 saturated heterocycles. The van der Waals surface area contributed by atoms with Crippen LogP contribution in [0.15, 0.2) is 0 Å². The highest BCUT2D eigenvalue weighted by molar-refractivity contribution is 4.48. The fraction of sp³-hybridized carbons (Fsp3) is 1.00. The molecule has 0 aromatic heterocycles. The van der Waals surface area contributed by atoms with E-state index < -0.39 is 0 Å². The van der Waals surface area contributed by atoms with Crippen molar-refractivity contribution in [1.29, 1.82) is 0 Å². The maximum atomic E-state index is 11.8. The zero-order valence-electron chi connectivity index (χ0n) is 14.3. The van der Waals surface area contributed by atoms with Gasteiger partial charge in [0.2, 0.25) is 0 Å². The van der Waals surface area contributed by atoms with E-state index in [4.69, 9.17) is 4.74 Å². The number of unbranched alkanes of at least 4 members (excludes halogenated alkanes) is 9. The fourth-order valence-corrected chi connectivity index (χ4v) is 2.55. The van der Waals surface area contributed by atoms with Crippen molar-refractivity contribution in [2.75, 3.05) is 20.7 Å². The van der Waals surface area contributed by atoms with Gasteiger partial charge in [0.05, 0.1) is 20.7 Å². The Balaban J connectivity index is 3.28. The first kappa shape index (κ1) is 19.9. The third-order valence-electron chi connectivity index (χ3n) is 3.85. The summed E-state index contributed by atoms with van der Waals surface area (Å²) < 4.78 is 5.35. The maximum Gasteiger partial charge on any atom is 0.192 e. The first-order chi connectivity index (χ1) is 9.52. The van der Waals surface area contributed by atoms with Crippen molar-refractivity contribution in [2.24, 2.45) is 0 Å². The molecule has 0 fully saturated rings. The molecule has 122 valence electrons. The molecular formula is C17H37NO2. The lowest BCUT2D eigenvalue weighted by Crippen LogP contribution is -2.44. The highest BCUT2D eigenvalue weighted by Crippen LogP contribution is 2.13. The summed E-state index contributed by atoms with van der Waals surface area (Å²) in [6, 6.07) is 0. The Morgan fingerprint density at radius 1 is 0.800 bits per heavy atom. The second kappa shape index (κ2) is 12.6. The maximum absolute atomic E-state index is 11.8. The molecule has 0 aliphatic carbocycles. The highest BCUT2D eigenvalue weighted by Gasteiger charge is 2.17. The van der Waals surface area contributed by atoms with Gasteiger partial charge >= 0.3 is 0 Å². The number of rotatable bonds is 14. The molecule has 0 aromatic rings. The third kappa shape index (κ3) is 11.7. The summed E-state index contributed by atoms with van der Waals surface area (Å²) in [4.78, 5) is 0. The standard InChI is InChI=1S/C17H37NO2/c1-5-7-8-9-10-11-12-13-14-15-16-20-17(6-2)18(3,4)19/h17H,5-16H2,1-4H3. The van der Waals surface area contributed by atoms with Crippen LogP contribution in [0.1, 0.15) is 84.5 Å². The van der Waals surface area contributed by atoms with E-state index in [2.05, 4.69) is 6.92 Å². The Morgan fingerprint density at radius 2 is 1.25 bits per heavy atom. The predicted molar refractivity (Wildman–Crippen MR) is 87.4 cm³/mol. The molecule has 0 saturated carbocycles. The van der Waals surface area contributed by atoms with E-state index in [0.29, 0.717) is 0 Å². The molecule has 0 radical (unpaired) electrons. The van der Waals surface area contributed by atoms with Crippen LogP contribution in [-0.4, -0.2) is 31.6 Å². The predicted octanol–water partition coefficient (Wildman–Crippen LogP) is 5.23. The molecule has 0 aliphatic heterocycles. The van der Waals surface area contributed by atoms with Crippen LogP contribution in [0.3, 0.4) is 0 Å². The van der Waals surface area contributed by atoms with E-state index in [1.165, 1.54) is 57.8 Å². The van der Waals surface area contributed by atoms with E-state index in [9.17, 15) is 5.21 Å². The zero-order valence-corrected chi connectivity index (χ0v) is 14.3. The van der Waals surface area contributed by atoms with Crippen LogP contribution in [0.5, 0.6) is 0 Å². The largest absolute Gasteiger partial charge is 0.631 e. The number of ether oxygens (including phenoxy) is 1. The third-order valence-corrected chi connectivity index (χ3v) is 3.85. The van der Waals surface area contributed by atoms with E-state index >= 15 is 0 Å². The number of hydrogen-bond donors (Lipinski definition) is 0. The van der Waals surface area contributed by atoms with E-state index in [0.717, 1.165) is 19.4 Å². The second-order valence-corrected chi connectivity index (χ2v) is 6.35. The molecule has 0 aliphatic rings. The van der Waals surface area contributed by atoms with Gasteiger partial charge in [-0.25, -0.2) is 0 Å². The minimum absolute atomic E-state index is 0.200. The Hall–Kier alpha value is -0.120. The van der Waals surface area contributed by atoms with Gasteiger partial charge in [-0.1, -0.05) is 71.6 Å². The number of nitrogens with zero attached hydrogens (tertiary/aromatic N) is 1. The van der Waals surface area contributed by atoms with Gasteiger partial charge in [-0.15, -0.1) is 0 Å². The van der Waals surface area contributed by atoms with Gasteiger partial charge < -0.3 is 14.6 Å². The molecule has 3 heteroatoms. The number of hydroxylamine groups is 3. The van der Waals surface area contributed by atoms with Crippen LogP contribution in [0.4, 0.5) is 0 Å². The summed E-state index contributed by atoms with van der Waals surface area (Å²) in [6.07, 6.45) is 13.9. The Kier molecular flexibility index (Phi) is 12.5. The van der Waals surface area contributed by atoms with E-state index in [1.54, 1.807) is 14.1 Å². The van der Waals surface area contributed by atoms with Crippen LogP contribution < -0.4 is 0 Å². The van der Waals surface area contributed by atoms with Gasteiger partial charge in [0.1, 0.15) is 0 Å². The van der Waals surface area contributed by atoms with Crippen molar-refractivity contribution in [2.45, 2.75) is 90.7 Å². The first-order valence-electron chi connectivity index (χ1n) is 8.68. The summed E-state index contributed by atoms with van der Waals surface area (Å²) in [5.41, 5.74) is 0. The minimum Gasteiger partial charge on any atom is -0.631 e. The molecule has 1 atom stereocenters. The molecule has 20 heavy (non-hydrogen) atoms. The van der Waals surface area contributed by atoms with Crippen LogP contribution in [0.2, 0.25) is 0 Å². The van der Waals surface area contributed by atoms with Crippen LogP contribution in [-0.2, 0) is 4.74 Å². The quantitative estimate of drug-likeness (QED) is 0.189. The van der Waals surface area contributed by atoms with Crippen molar-refractivity contribution in [1.82, 2.24) is 0 Å². The normalized spacial score (nSPS) is 13.7. The summed E-state index contributed by atoms with van der Waals surface area (Å²) in [5, 5.41) is 11.8. The van der Waals surface area contributed by atoms with Gasteiger partial charge in [0.15, 0.2) is 6.23 Å². The van der Waals surface area contributed by atoms with Crippen molar-refractivity contribution in [3.63, 3.8) is 0 Å². The molecule has 0 heterocycles. The minimum atomic E-state index is -0.339. The lowest BCUT2D eigenvalue weighted by Gasteiger charge is -2.40. The first-order valence-corrected chi connectivity index (χ1v) is 8.68. The number of hydrogen-bond acceptors (Lipinski definition) is 2.